The molecule has 0 spiro atoms. The summed E-state index contributed by atoms with van der Waals surface area (Å²) in [6, 6.07) is 7.61. The lowest BCUT2D eigenvalue weighted by atomic mass is 9.83. The van der Waals surface area contributed by atoms with Gasteiger partial charge in [-0.05, 0) is 38.3 Å². The fourth-order valence-electron chi connectivity index (χ4n) is 3.17. The summed E-state index contributed by atoms with van der Waals surface area (Å²) in [6.45, 7) is 5.03. The van der Waals surface area contributed by atoms with E-state index < -0.39 is 23.4 Å². The fraction of sp³-hybridized carbons (Fsp3) is 0.526. The summed E-state index contributed by atoms with van der Waals surface area (Å²) in [4.78, 5) is 37.1. The molecule has 7 heteroatoms. The van der Waals surface area contributed by atoms with E-state index >= 15 is 0 Å². The van der Waals surface area contributed by atoms with Crippen LogP contribution in [-0.4, -0.2) is 43.2 Å². The van der Waals surface area contributed by atoms with Crippen molar-refractivity contribution in [2.45, 2.75) is 39.2 Å². The Morgan fingerprint density at radius 1 is 1.15 bits per heavy atom. The zero-order chi connectivity index (χ0) is 19.2. The predicted octanol–water partition coefficient (Wildman–Crippen LogP) is 1.63. The van der Waals surface area contributed by atoms with E-state index in [9.17, 15) is 14.4 Å². The van der Waals surface area contributed by atoms with Crippen molar-refractivity contribution in [3.8, 4) is 5.75 Å². The van der Waals surface area contributed by atoms with Crippen molar-refractivity contribution in [3.05, 3.63) is 29.8 Å². The van der Waals surface area contributed by atoms with Gasteiger partial charge >= 0.3 is 11.9 Å². The van der Waals surface area contributed by atoms with Crippen molar-refractivity contribution in [3.63, 3.8) is 0 Å². The molecule has 26 heavy (non-hydrogen) atoms. The zero-order valence-corrected chi connectivity index (χ0v) is 15.4. The summed E-state index contributed by atoms with van der Waals surface area (Å²) in [5.74, 6) is -1.50. The average molecular weight is 363 g/mol. The highest BCUT2D eigenvalue weighted by Crippen LogP contribution is 2.32. The van der Waals surface area contributed by atoms with E-state index in [1.807, 2.05) is 24.3 Å². The van der Waals surface area contributed by atoms with Crippen LogP contribution >= 0.6 is 0 Å². The molecule has 0 fully saturated rings. The Bertz CT molecular complexity index is 654. The van der Waals surface area contributed by atoms with Crippen LogP contribution in [0.1, 0.15) is 32.8 Å². The third kappa shape index (κ3) is 4.33. The van der Waals surface area contributed by atoms with E-state index in [1.54, 1.807) is 13.8 Å². The molecule has 7 nitrogen and oxygen atoms in total. The molecular weight excluding hydrogens is 338 g/mol. The molecular formula is C19H25NO6. The van der Waals surface area contributed by atoms with Gasteiger partial charge in [0.05, 0.1) is 19.8 Å². The number of fused-ring (bicyclic) bond motifs is 1. The molecule has 1 aliphatic rings. The molecule has 1 aromatic carbocycles. The minimum Gasteiger partial charge on any atom is -0.493 e. The molecule has 2 rings (SSSR count). The maximum absolute atomic E-state index is 12.7. The van der Waals surface area contributed by atoms with Gasteiger partial charge in [-0.3, -0.25) is 4.79 Å². The van der Waals surface area contributed by atoms with Gasteiger partial charge in [-0.2, -0.15) is 0 Å². The average Bonchev–Trinajstić information content (AvgIpc) is 2.61. The van der Waals surface area contributed by atoms with Gasteiger partial charge in [-0.15, -0.1) is 0 Å². The van der Waals surface area contributed by atoms with Crippen molar-refractivity contribution in [2.24, 2.45) is 5.92 Å². The van der Waals surface area contributed by atoms with Gasteiger partial charge in [0, 0.05) is 12.8 Å². The van der Waals surface area contributed by atoms with E-state index in [2.05, 4.69) is 5.32 Å². The van der Waals surface area contributed by atoms with Crippen LogP contribution in [0.15, 0.2) is 24.3 Å². The Labute approximate surface area is 153 Å². The Hall–Kier alpha value is -2.57. The van der Waals surface area contributed by atoms with Gasteiger partial charge in [0.2, 0.25) is 11.4 Å². The van der Waals surface area contributed by atoms with Crippen molar-refractivity contribution in [2.75, 3.05) is 19.8 Å². The lowest BCUT2D eigenvalue weighted by Crippen LogP contribution is -2.62. The SMILES string of the molecule is CCOC(=O)C(CC1COc2ccccc2C1)(NC(C)=O)C(=O)OCC. The summed E-state index contributed by atoms with van der Waals surface area (Å²) in [7, 11) is 0. The van der Waals surface area contributed by atoms with Crippen LogP contribution in [0.5, 0.6) is 5.75 Å². The molecule has 0 bridgehead atoms. The van der Waals surface area contributed by atoms with Gasteiger partial charge in [0.25, 0.3) is 0 Å². The van der Waals surface area contributed by atoms with Crippen molar-refractivity contribution in [1.82, 2.24) is 5.32 Å². The second kappa shape index (κ2) is 8.69. The minimum atomic E-state index is -1.88. The number of ether oxygens (including phenoxy) is 3. The molecule has 1 N–H and O–H groups in total. The van der Waals surface area contributed by atoms with E-state index in [-0.39, 0.29) is 25.6 Å². The number of nitrogens with one attached hydrogen (secondary N) is 1. The highest BCUT2D eigenvalue weighted by Gasteiger charge is 2.51. The summed E-state index contributed by atoms with van der Waals surface area (Å²) in [5, 5.41) is 2.49. The summed E-state index contributed by atoms with van der Waals surface area (Å²) in [5.41, 5.74) is -0.883. The largest absolute Gasteiger partial charge is 0.493 e. The number of hydrogen-bond acceptors (Lipinski definition) is 6. The first-order chi connectivity index (χ1) is 12.4. The first-order valence-corrected chi connectivity index (χ1v) is 8.76. The van der Waals surface area contributed by atoms with Crippen LogP contribution in [0.25, 0.3) is 0 Å². The van der Waals surface area contributed by atoms with Gasteiger partial charge in [0.1, 0.15) is 5.75 Å². The van der Waals surface area contributed by atoms with Crippen LogP contribution in [0.2, 0.25) is 0 Å². The number of carbonyl (C=O) groups is 3. The van der Waals surface area contributed by atoms with Crippen LogP contribution in [0, 0.1) is 5.92 Å². The van der Waals surface area contributed by atoms with E-state index in [0.717, 1.165) is 11.3 Å². The molecule has 0 aliphatic carbocycles. The molecule has 0 saturated carbocycles. The third-order valence-corrected chi connectivity index (χ3v) is 4.19. The van der Waals surface area contributed by atoms with Gasteiger partial charge < -0.3 is 19.5 Å². The van der Waals surface area contributed by atoms with Crippen LogP contribution in [-0.2, 0) is 30.3 Å². The normalized spacial score (nSPS) is 16.0. The van der Waals surface area contributed by atoms with Crippen molar-refractivity contribution < 1.29 is 28.6 Å². The molecule has 1 unspecified atom stereocenters. The quantitative estimate of drug-likeness (QED) is 0.585. The van der Waals surface area contributed by atoms with Crippen LogP contribution in [0.4, 0.5) is 0 Å². The van der Waals surface area contributed by atoms with Gasteiger partial charge in [0.15, 0.2) is 0 Å². The maximum atomic E-state index is 12.7. The molecule has 1 atom stereocenters. The Balaban J connectivity index is 2.31. The van der Waals surface area contributed by atoms with E-state index in [4.69, 9.17) is 14.2 Å². The fourth-order valence-corrected chi connectivity index (χ4v) is 3.17. The molecule has 142 valence electrons. The van der Waals surface area contributed by atoms with Crippen LogP contribution < -0.4 is 10.1 Å². The number of amides is 1. The number of hydrogen-bond donors (Lipinski definition) is 1. The summed E-state index contributed by atoms with van der Waals surface area (Å²) >= 11 is 0. The van der Waals surface area contributed by atoms with Crippen molar-refractivity contribution >= 4 is 17.8 Å². The Morgan fingerprint density at radius 2 is 1.77 bits per heavy atom. The monoisotopic (exact) mass is 363 g/mol. The number of benzene rings is 1. The summed E-state index contributed by atoms with van der Waals surface area (Å²) in [6.07, 6.45) is 0.662. The molecule has 1 heterocycles. The van der Waals surface area contributed by atoms with E-state index in [0.29, 0.717) is 13.0 Å². The minimum absolute atomic E-state index is 0.0403. The maximum Gasteiger partial charge on any atom is 0.343 e. The first-order valence-electron chi connectivity index (χ1n) is 8.76. The molecule has 1 aromatic rings. The lowest BCUT2D eigenvalue weighted by Gasteiger charge is -2.34. The molecule has 1 amide bonds. The van der Waals surface area contributed by atoms with Gasteiger partial charge in [-0.1, -0.05) is 18.2 Å². The molecule has 0 saturated heterocycles. The highest BCUT2D eigenvalue weighted by molar-refractivity contribution is 6.07. The Kier molecular flexibility index (Phi) is 6.60. The second-order valence-corrected chi connectivity index (χ2v) is 6.22. The standard InChI is InChI=1S/C19H25NO6/c1-4-24-17(22)19(20-13(3)21,18(23)25-5-2)11-14-10-15-8-6-7-9-16(15)26-12-14/h6-9,14H,4-5,10-12H2,1-3H3,(H,20,21). The third-order valence-electron chi connectivity index (χ3n) is 4.19. The lowest BCUT2D eigenvalue weighted by molar-refractivity contribution is -0.169. The predicted molar refractivity (Wildman–Crippen MR) is 93.6 cm³/mol. The molecule has 1 aliphatic heterocycles. The topological polar surface area (TPSA) is 90.9 Å². The summed E-state index contributed by atoms with van der Waals surface area (Å²) < 4.78 is 15.9. The number of para-hydroxylation sites is 1. The Morgan fingerprint density at radius 3 is 2.35 bits per heavy atom. The molecule has 0 aromatic heterocycles. The first kappa shape index (κ1) is 19.8. The number of carbonyl (C=O) groups excluding carboxylic acids is 3. The van der Waals surface area contributed by atoms with Crippen molar-refractivity contribution in [1.29, 1.82) is 0 Å². The van der Waals surface area contributed by atoms with Gasteiger partial charge in [-0.25, -0.2) is 9.59 Å². The van der Waals surface area contributed by atoms with Crippen LogP contribution in [0.3, 0.4) is 0 Å². The second-order valence-electron chi connectivity index (χ2n) is 6.22. The number of esters is 2. The number of rotatable bonds is 7. The zero-order valence-electron chi connectivity index (χ0n) is 15.4. The molecule has 0 radical (unpaired) electrons. The van der Waals surface area contributed by atoms with E-state index in [1.165, 1.54) is 6.92 Å². The smallest absolute Gasteiger partial charge is 0.343 e. The highest BCUT2D eigenvalue weighted by atomic mass is 16.6.